The molecule has 0 bridgehead atoms. The molecule has 144 valence electrons. The number of fused-ring (bicyclic) bond motifs is 1. The number of amides is 1. The van der Waals surface area contributed by atoms with Gasteiger partial charge in [0.25, 0.3) is 0 Å². The predicted octanol–water partition coefficient (Wildman–Crippen LogP) is 5.17. The molecule has 0 aromatic heterocycles. The molecule has 1 aliphatic rings. The number of benzene rings is 2. The van der Waals surface area contributed by atoms with E-state index in [1.165, 1.54) is 47.9 Å². The van der Waals surface area contributed by atoms with Crippen LogP contribution < -0.4 is 10.6 Å². The normalized spacial score (nSPS) is 15.7. The molecular weight excluding hydrogens is 332 g/mol. The zero-order valence-electron chi connectivity index (χ0n) is 17.3. The van der Waals surface area contributed by atoms with Gasteiger partial charge < -0.3 is 5.32 Å². The zero-order chi connectivity index (χ0) is 19.6. The Morgan fingerprint density at radius 3 is 2.22 bits per heavy atom. The molecule has 1 aliphatic carbocycles. The summed E-state index contributed by atoms with van der Waals surface area (Å²) in [5, 5.41) is 6.57. The Morgan fingerprint density at radius 2 is 1.56 bits per heavy atom. The number of nitrogens with one attached hydrogen (secondary N) is 2. The first-order chi connectivity index (χ1) is 12.8. The minimum absolute atomic E-state index is 0.00913. The van der Waals surface area contributed by atoms with Crippen molar-refractivity contribution >= 4 is 11.6 Å². The van der Waals surface area contributed by atoms with Crippen LogP contribution in [0.1, 0.15) is 66.1 Å². The minimum Gasteiger partial charge on any atom is -0.324 e. The lowest BCUT2D eigenvalue weighted by molar-refractivity contribution is -0.117. The van der Waals surface area contributed by atoms with Gasteiger partial charge in [-0.25, -0.2) is 0 Å². The average Bonchev–Trinajstić information content (AvgIpc) is 2.63. The van der Waals surface area contributed by atoms with Crippen LogP contribution in [0.5, 0.6) is 0 Å². The van der Waals surface area contributed by atoms with Gasteiger partial charge in [0, 0.05) is 11.7 Å². The Kier molecular flexibility index (Phi) is 6.01. The van der Waals surface area contributed by atoms with Crippen LogP contribution in [0.2, 0.25) is 0 Å². The molecule has 0 spiro atoms. The van der Waals surface area contributed by atoms with Crippen molar-refractivity contribution in [1.29, 1.82) is 0 Å². The molecule has 3 rings (SSSR count). The fourth-order valence-corrected chi connectivity index (χ4v) is 4.18. The van der Waals surface area contributed by atoms with Crippen LogP contribution in [0.4, 0.5) is 5.69 Å². The molecule has 0 aliphatic heterocycles. The lowest BCUT2D eigenvalue weighted by Gasteiger charge is -2.23. The number of hydrogen-bond donors (Lipinski definition) is 2. The Labute approximate surface area is 163 Å². The first-order valence-electron chi connectivity index (χ1n) is 10.1. The van der Waals surface area contributed by atoms with E-state index >= 15 is 0 Å². The highest BCUT2D eigenvalue weighted by Gasteiger charge is 2.19. The van der Waals surface area contributed by atoms with E-state index < -0.39 is 0 Å². The number of carbonyl (C=O) groups excluding carboxylic acids is 1. The molecule has 0 saturated heterocycles. The van der Waals surface area contributed by atoms with Gasteiger partial charge >= 0.3 is 0 Å². The molecule has 2 aromatic rings. The molecule has 0 unspecified atom stereocenters. The first-order valence-corrected chi connectivity index (χ1v) is 10.1. The first kappa shape index (κ1) is 19.6. The summed E-state index contributed by atoms with van der Waals surface area (Å²) < 4.78 is 0. The van der Waals surface area contributed by atoms with Gasteiger partial charge in [-0.15, -0.1) is 0 Å². The van der Waals surface area contributed by atoms with Gasteiger partial charge in [0.15, 0.2) is 0 Å². The second kappa shape index (κ2) is 8.26. The molecule has 27 heavy (non-hydrogen) atoms. The SMILES string of the molecule is Cc1cc(C)c(NC(=O)[C@@H](C)N[C@H](C)c2ccc3c(c2)CCCC3)c(C)c1. The Bertz CT molecular complexity index is 817. The Balaban J connectivity index is 1.66. The molecule has 3 heteroatoms. The van der Waals surface area contributed by atoms with E-state index in [-0.39, 0.29) is 18.0 Å². The zero-order valence-corrected chi connectivity index (χ0v) is 17.3. The minimum atomic E-state index is -0.267. The summed E-state index contributed by atoms with van der Waals surface area (Å²) in [6.07, 6.45) is 4.96. The van der Waals surface area contributed by atoms with Crippen molar-refractivity contribution in [2.45, 2.75) is 72.4 Å². The van der Waals surface area contributed by atoms with E-state index in [1.54, 1.807) is 0 Å². The van der Waals surface area contributed by atoms with Gasteiger partial charge in [-0.1, -0.05) is 35.9 Å². The topological polar surface area (TPSA) is 41.1 Å². The average molecular weight is 365 g/mol. The standard InChI is InChI=1S/C24H32N2O/c1-15-12-16(2)23(17(3)13-15)26-24(27)19(5)25-18(4)21-11-10-20-8-6-7-9-22(20)14-21/h10-14,18-19,25H,6-9H2,1-5H3,(H,26,27)/t18-,19-/m1/s1. The summed E-state index contributed by atoms with van der Waals surface area (Å²) in [5.74, 6) is 0.00913. The molecule has 1 amide bonds. The predicted molar refractivity (Wildman–Crippen MR) is 113 cm³/mol. The summed E-state index contributed by atoms with van der Waals surface area (Å²) in [6.45, 7) is 10.2. The molecule has 0 saturated carbocycles. The molecule has 0 fully saturated rings. The number of rotatable bonds is 5. The maximum atomic E-state index is 12.7. The van der Waals surface area contributed by atoms with E-state index in [9.17, 15) is 4.79 Å². The van der Waals surface area contributed by atoms with Crippen molar-refractivity contribution in [3.05, 3.63) is 63.7 Å². The smallest absolute Gasteiger partial charge is 0.241 e. The van der Waals surface area contributed by atoms with Crippen LogP contribution >= 0.6 is 0 Å². The summed E-state index contributed by atoms with van der Waals surface area (Å²) in [7, 11) is 0. The van der Waals surface area contributed by atoms with Gasteiger partial charge in [0.05, 0.1) is 6.04 Å². The molecule has 3 nitrogen and oxygen atoms in total. The fraction of sp³-hybridized carbons (Fsp3) is 0.458. The van der Waals surface area contributed by atoms with Gasteiger partial charge in [-0.2, -0.15) is 0 Å². The van der Waals surface area contributed by atoms with Gasteiger partial charge in [-0.05, 0) is 88.1 Å². The highest BCUT2D eigenvalue weighted by molar-refractivity contribution is 5.96. The summed E-state index contributed by atoms with van der Waals surface area (Å²) in [4.78, 5) is 12.7. The molecular formula is C24H32N2O. The third kappa shape index (κ3) is 4.59. The number of carbonyl (C=O) groups is 1. The van der Waals surface area contributed by atoms with Crippen LogP contribution in [-0.4, -0.2) is 11.9 Å². The van der Waals surface area contributed by atoms with Gasteiger partial charge in [-0.3, -0.25) is 10.1 Å². The van der Waals surface area contributed by atoms with Crippen molar-refractivity contribution < 1.29 is 4.79 Å². The largest absolute Gasteiger partial charge is 0.324 e. The lowest BCUT2D eigenvalue weighted by Crippen LogP contribution is -2.39. The van der Waals surface area contributed by atoms with Crippen LogP contribution in [0.15, 0.2) is 30.3 Å². The molecule has 0 heterocycles. The van der Waals surface area contributed by atoms with Crippen molar-refractivity contribution in [1.82, 2.24) is 5.32 Å². The van der Waals surface area contributed by atoms with E-state index in [0.29, 0.717) is 0 Å². The second-order valence-electron chi connectivity index (χ2n) is 8.11. The van der Waals surface area contributed by atoms with E-state index in [1.807, 2.05) is 20.8 Å². The third-order valence-electron chi connectivity index (χ3n) is 5.69. The van der Waals surface area contributed by atoms with Crippen LogP contribution in [0, 0.1) is 20.8 Å². The molecule has 2 N–H and O–H groups in total. The summed E-state index contributed by atoms with van der Waals surface area (Å²) in [5.41, 5.74) is 8.60. The summed E-state index contributed by atoms with van der Waals surface area (Å²) in [6, 6.07) is 10.9. The van der Waals surface area contributed by atoms with Crippen molar-refractivity contribution in [2.75, 3.05) is 5.32 Å². The number of anilines is 1. The van der Waals surface area contributed by atoms with Crippen LogP contribution in [0.3, 0.4) is 0 Å². The highest BCUT2D eigenvalue weighted by atomic mass is 16.2. The fourth-order valence-electron chi connectivity index (χ4n) is 4.18. The van der Waals surface area contributed by atoms with E-state index in [2.05, 4.69) is 54.8 Å². The third-order valence-corrected chi connectivity index (χ3v) is 5.69. The van der Waals surface area contributed by atoms with Crippen LogP contribution in [0.25, 0.3) is 0 Å². The summed E-state index contributed by atoms with van der Waals surface area (Å²) >= 11 is 0. The maximum Gasteiger partial charge on any atom is 0.241 e. The molecule has 2 aromatic carbocycles. The quantitative estimate of drug-likeness (QED) is 0.768. The van der Waals surface area contributed by atoms with Crippen molar-refractivity contribution in [2.24, 2.45) is 0 Å². The monoisotopic (exact) mass is 364 g/mol. The van der Waals surface area contributed by atoms with Crippen LogP contribution in [-0.2, 0) is 17.6 Å². The Morgan fingerprint density at radius 1 is 0.926 bits per heavy atom. The van der Waals surface area contributed by atoms with E-state index in [4.69, 9.17) is 0 Å². The highest BCUT2D eigenvalue weighted by Crippen LogP contribution is 2.25. The second-order valence-corrected chi connectivity index (χ2v) is 8.11. The molecule has 2 atom stereocenters. The number of aryl methyl sites for hydroxylation is 5. The van der Waals surface area contributed by atoms with Crippen molar-refractivity contribution in [3.8, 4) is 0 Å². The lowest BCUT2D eigenvalue weighted by atomic mass is 9.89. The van der Waals surface area contributed by atoms with Gasteiger partial charge in [0.1, 0.15) is 0 Å². The van der Waals surface area contributed by atoms with Crippen molar-refractivity contribution in [3.63, 3.8) is 0 Å². The van der Waals surface area contributed by atoms with Gasteiger partial charge in [0.2, 0.25) is 5.91 Å². The molecule has 0 radical (unpaired) electrons. The number of hydrogen-bond acceptors (Lipinski definition) is 2. The Hall–Kier alpha value is -2.13. The maximum absolute atomic E-state index is 12.7. The van der Waals surface area contributed by atoms with E-state index in [0.717, 1.165) is 16.8 Å².